The van der Waals surface area contributed by atoms with Crippen molar-refractivity contribution in [2.45, 2.75) is 20.4 Å². The summed E-state index contributed by atoms with van der Waals surface area (Å²) in [7, 11) is 0. The zero-order valence-electron chi connectivity index (χ0n) is 15.8. The highest BCUT2D eigenvalue weighted by Gasteiger charge is 2.18. The van der Waals surface area contributed by atoms with Crippen LogP contribution in [0.15, 0.2) is 53.1 Å². The molecule has 146 valence electrons. The van der Waals surface area contributed by atoms with Crippen molar-refractivity contribution in [2.75, 3.05) is 5.32 Å². The van der Waals surface area contributed by atoms with E-state index in [4.69, 9.17) is 4.42 Å². The van der Waals surface area contributed by atoms with Gasteiger partial charge in [0.05, 0.1) is 24.1 Å². The molecule has 4 rings (SSSR count). The van der Waals surface area contributed by atoms with Crippen molar-refractivity contribution in [2.24, 2.45) is 0 Å². The third-order valence-electron chi connectivity index (χ3n) is 4.24. The van der Waals surface area contributed by atoms with Gasteiger partial charge in [0.2, 0.25) is 5.82 Å². The second-order valence-corrected chi connectivity index (χ2v) is 6.45. The number of aryl methyl sites for hydroxylation is 2. The van der Waals surface area contributed by atoms with Gasteiger partial charge in [-0.1, -0.05) is 12.1 Å². The van der Waals surface area contributed by atoms with Crippen molar-refractivity contribution in [3.8, 4) is 0 Å². The van der Waals surface area contributed by atoms with E-state index in [1.54, 1.807) is 36.4 Å². The Morgan fingerprint density at radius 1 is 1.07 bits per heavy atom. The molecular weight excluding hydrogens is 372 g/mol. The van der Waals surface area contributed by atoms with Crippen molar-refractivity contribution < 1.29 is 14.0 Å². The van der Waals surface area contributed by atoms with Crippen molar-refractivity contribution in [3.05, 3.63) is 77.3 Å². The molecule has 0 radical (unpaired) electrons. The van der Waals surface area contributed by atoms with E-state index >= 15 is 0 Å². The van der Waals surface area contributed by atoms with Crippen molar-refractivity contribution >= 4 is 23.3 Å². The first-order valence-electron chi connectivity index (χ1n) is 8.93. The SMILES string of the molecule is Cc1cc(C)n2nc(C(=O)Nc3ccccc3C(=O)NCc3ccco3)nc2n1. The van der Waals surface area contributed by atoms with E-state index in [1.165, 1.54) is 10.8 Å². The summed E-state index contributed by atoms with van der Waals surface area (Å²) in [6.45, 7) is 3.95. The molecule has 0 spiro atoms. The van der Waals surface area contributed by atoms with Crippen molar-refractivity contribution in [1.29, 1.82) is 0 Å². The number of nitrogens with one attached hydrogen (secondary N) is 2. The number of carbonyl (C=O) groups is 2. The summed E-state index contributed by atoms with van der Waals surface area (Å²) in [6, 6.07) is 12.1. The number of nitrogens with zero attached hydrogens (tertiary/aromatic N) is 4. The normalized spacial score (nSPS) is 10.8. The number of furan rings is 1. The molecular formula is C20H18N6O3. The van der Waals surface area contributed by atoms with E-state index in [-0.39, 0.29) is 18.3 Å². The fourth-order valence-corrected chi connectivity index (χ4v) is 2.91. The summed E-state index contributed by atoms with van der Waals surface area (Å²) in [5, 5.41) is 9.68. The fourth-order valence-electron chi connectivity index (χ4n) is 2.91. The third-order valence-corrected chi connectivity index (χ3v) is 4.24. The van der Waals surface area contributed by atoms with Gasteiger partial charge in [0, 0.05) is 11.4 Å². The molecule has 0 aliphatic heterocycles. The molecule has 2 amide bonds. The Morgan fingerprint density at radius 3 is 2.69 bits per heavy atom. The van der Waals surface area contributed by atoms with E-state index in [0.29, 0.717) is 22.8 Å². The van der Waals surface area contributed by atoms with Crippen LogP contribution in [-0.4, -0.2) is 31.4 Å². The molecule has 2 N–H and O–H groups in total. The number of anilines is 1. The number of benzene rings is 1. The molecule has 9 heteroatoms. The van der Waals surface area contributed by atoms with Crippen molar-refractivity contribution in [1.82, 2.24) is 24.9 Å². The second kappa shape index (κ2) is 7.55. The number of hydrogen-bond donors (Lipinski definition) is 2. The monoisotopic (exact) mass is 390 g/mol. The van der Waals surface area contributed by atoms with Crippen LogP contribution < -0.4 is 10.6 Å². The Morgan fingerprint density at radius 2 is 1.90 bits per heavy atom. The molecule has 0 bridgehead atoms. The van der Waals surface area contributed by atoms with Gasteiger partial charge in [-0.15, -0.1) is 5.10 Å². The summed E-state index contributed by atoms with van der Waals surface area (Å²) in [4.78, 5) is 33.7. The molecule has 29 heavy (non-hydrogen) atoms. The molecule has 1 aromatic carbocycles. The average molecular weight is 390 g/mol. The molecule has 0 saturated carbocycles. The second-order valence-electron chi connectivity index (χ2n) is 6.45. The van der Waals surface area contributed by atoms with Gasteiger partial charge in [0.25, 0.3) is 17.6 Å². The number of hydrogen-bond acceptors (Lipinski definition) is 6. The predicted octanol–water partition coefficient (Wildman–Crippen LogP) is 2.52. The highest BCUT2D eigenvalue weighted by atomic mass is 16.3. The standard InChI is InChI=1S/C20H18N6O3/c1-12-10-13(2)26-20(22-12)24-17(25-26)19(28)23-16-8-4-3-7-15(16)18(27)21-11-14-6-5-9-29-14/h3-10H,11H2,1-2H3,(H,21,27)(H,23,28). The van der Waals surface area contributed by atoms with Crippen LogP contribution in [0.25, 0.3) is 5.78 Å². The summed E-state index contributed by atoms with van der Waals surface area (Å²) < 4.78 is 6.71. The Bertz CT molecular complexity index is 1200. The van der Waals surface area contributed by atoms with Crippen LogP contribution in [0, 0.1) is 13.8 Å². The maximum Gasteiger partial charge on any atom is 0.295 e. The molecule has 4 aromatic rings. The molecule has 9 nitrogen and oxygen atoms in total. The first-order chi connectivity index (χ1) is 14.0. The van der Waals surface area contributed by atoms with E-state index in [1.807, 2.05) is 19.9 Å². The molecule has 0 aliphatic carbocycles. The smallest absolute Gasteiger partial charge is 0.295 e. The van der Waals surface area contributed by atoms with Crippen LogP contribution in [0.4, 0.5) is 5.69 Å². The molecule has 0 saturated heterocycles. The number of para-hydroxylation sites is 1. The van der Waals surface area contributed by atoms with Crippen LogP contribution >= 0.6 is 0 Å². The summed E-state index contributed by atoms with van der Waals surface area (Å²) in [6.07, 6.45) is 1.54. The zero-order chi connectivity index (χ0) is 20.4. The summed E-state index contributed by atoms with van der Waals surface area (Å²) in [5.74, 6) is 0.0771. The minimum Gasteiger partial charge on any atom is -0.467 e. The first-order valence-corrected chi connectivity index (χ1v) is 8.93. The molecule has 0 fully saturated rings. The van der Waals surface area contributed by atoms with Gasteiger partial charge in [-0.2, -0.15) is 4.98 Å². The highest BCUT2D eigenvalue weighted by Crippen LogP contribution is 2.16. The maximum atomic E-state index is 12.7. The molecule has 0 aliphatic rings. The molecule has 3 aromatic heterocycles. The Labute approximate surface area is 165 Å². The quantitative estimate of drug-likeness (QED) is 0.541. The van der Waals surface area contributed by atoms with Gasteiger partial charge in [0.15, 0.2) is 0 Å². The summed E-state index contributed by atoms with van der Waals surface area (Å²) >= 11 is 0. The van der Waals surface area contributed by atoms with Gasteiger partial charge < -0.3 is 15.1 Å². The fraction of sp³-hybridized carbons (Fsp3) is 0.150. The zero-order valence-corrected chi connectivity index (χ0v) is 15.8. The highest BCUT2D eigenvalue weighted by molar-refractivity contribution is 6.07. The minimum absolute atomic E-state index is 0.0306. The number of rotatable bonds is 5. The predicted molar refractivity (Wildman–Crippen MR) is 105 cm³/mol. The lowest BCUT2D eigenvalue weighted by atomic mass is 10.1. The van der Waals surface area contributed by atoms with Crippen LogP contribution in [0.3, 0.4) is 0 Å². The Kier molecular flexibility index (Phi) is 4.78. The van der Waals surface area contributed by atoms with E-state index < -0.39 is 5.91 Å². The van der Waals surface area contributed by atoms with Crippen LogP contribution in [-0.2, 0) is 6.54 Å². The minimum atomic E-state index is -0.529. The van der Waals surface area contributed by atoms with Crippen LogP contribution in [0.2, 0.25) is 0 Å². The molecule has 0 unspecified atom stereocenters. The van der Waals surface area contributed by atoms with Crippen LogP contribution in [0.5, 0.6) is 0 Å². The molecule has 3 heterocycles. The Hall–Kier alpha value is -4.01. The lowest BCUT2D eigenvalue weighted by molar-refractivity contribution is 0.0949. The van der Waals surface area contributed by atoms with Crippen LogP contribution in [0.1, 0.15) is 38.1 Å². The third kappa shape index (κ3) is 3.84. The van der Waals surface area contributed by atoms with Gasteiger partial charge in [-0.3, -0.25) is 9.59 Å². The Balaban J connectivity index is 1.54. The van der Waals surface area contributed by atoms with E-state index in [0.717, 1.165) is 11.4 Å². The van der Waals surface area contributed by atoms with Gasteiger partial charge in [-0.05, 0) is 44.2 Å². The largest absolute Gasteiger partial charge is 0.467 e. The number of carbonyl (C=O) groups excluding carboxylic acids is 2. The number of aromatic nitrogens is 4. The van der Waals surface area contributed by atoms with E-state index in [9.17, 15) is 9.59 Å². The van der Waals surface area contributed by atoms with Gasteiger partial charge in [-0.25, -0.2) is 9.50 Å². The van der Waals surface area contributed by atoms with Gasteiger partial charge >= 0.3 is 0 Å². The number of fused-ring (bicyclic) bond motifs is 1. The van der Waals surface area contributed by atoms with Crippen molar-refractivity contribution in [3.63, 3.8) is 0 Å². The summed E-state index contributed by atoms with van der Waals surface area (Å²) in [5.41, 5.74) is 2.28. The van der Waals surface area contributed by atoms with Gasteiger partial charge in [0.1, 0.15) is 5.76 Å². The first kappa shape index (κ1) is 18.4. The maximum absolute atomic E-state index is 12.7. The average Bonchev–Trinajstić information content (AvgIpc) is 3.36. The molecule has 0 atom stereocenters. The van der Waals surface area contributed by atoms with E-state index in [2.05, 4.69) is 25.7 Å². The lowest BCUT2D eigenvalue weighted by Crippen LogP contribution is -2.25. The topological polar surface area (TPSA) is 114 Å². The number of amides is 2. The lowest BCUT2D eigenvalue weighted by Gasteiger charge is -2.10.